The van der Waals surface area contributed by atoms with Gasteiger partial charge in [0.15, 0.2) is 0 Å². The van der Waals surface area contributed by atoms with Crippen LogP contribution in [-0.4, -0.2) is 22.8 Å². The number of carbonyl (C=O) groups excluding carboxylic acids is 1. The van der Waals surface area contributed by atoms with Crippen molar-refractivity contribution in [2.75, 3.05) is 11.9 Å². The van der Waals surface area contributed by atoms with Crippen molar-refractivity contribution in [3.05, 3.63) is 16.1 Å². The van der Waals surface area contributed by atoms with Gasteiger partial charge >= 0.3 is 0 Å². The van der Waals surface area contributed by atoms with Gasteiger partial charge in [0.25, 0.3) is 5.91 Å². The molecule has 1 heterocycles. The average Bonchev–Trinajstić information content (AvgIpc) is 2.64. The number of nitrogens with one attached hydrogen (secondary N) is 1. The molecule has 15 heavy (non-hydrogen) atoms. The van der Waals surface area contributed by atoms with Crippen molar-refractivity contribution in [3.8, 4) is 0 Å². The molecule has 84 valence electrons. The van der Waals surface area contributed by atoms with E-state index in [0.717, 1.165) is 36.1 Å². The molecule has 0 aliphatic carbocycles. The van der Waals surface area contributed by atoms with Crippen LogP contribution in [0.25, 0.3) is 0 Å². The third-order valence-electron chi connectivity index (χ3n) is 1.95. The number of halogens is 1. The highest BCUT2D eigenvalue weighted by Crippen LogP contribution is 2.07. The first-order valence-corrected chi connectivity index (χ1v) is 7.00. The highest BCUT2D eigenvalue weighted by molar-refractivity contribution is 9.09. The largest absolute Gasteiger partial charge is 0.351 e. The van der Waals surface area contributed by atoms with E-state index in [1.54, 1.807) is 5.38 Å². The minimum Gasteiger partial charge on any atom is -0.351 e. The van der Waals surface area contributed by atoms with Gasteiger partial charge in [0.05, 0.1) is 5.01 Å². The summed E-state index contributed by atoms with van der Waals surface area (Å²) in [6, 6.07) is 0. The number of aryl methyl sites for hydroxylation is 1. The zero-order valence-electron chi connectivity index (χ0n) is 8.75. The van der Waals surface area contributed by atoms with Crippen molar-refractivity contribution in [1.29, 1.82) is 0 Å². The number of nitrogens with zero attached hydrogens (tertiary/aromatic N) is 1. The zero-order valence-corrected chi connectivity index (χ0v) is 11.2. The average molecular weight is 291 g/mol. The van der Waals surface area contributed by atoms with Crippen LogP contribution in [-0.2, 0) is 0 Å². The highest BCUT2D eigenvalue weighted by atomic mass is 79.9. The molecule has 0 aromatic carbocycles. The van der Waals surface area contributed by atoms with Gasteiger partial charge in [-0.05, 0) is 19.8 Å². The van der Waals surface area contributed by atoms with E-state index in [4.69, 9.17) is 0 Å². The lowest BCUT2D eigenvalue weighted by Crippen LogP contribution is -2.24. The van der Waals surface area contributed by atoms with Crippen LogP contribution in [0, 0.1) is 6.92 Å². The van der Waals surface area contributed by atoms with Gasteiger partial charge in [0.2, 0.25) is 0 Å². The molecule has 0 fully saturated rings. The molecule has 1 N–H and O–H groups in total. The van der Waals surface area contributed by atoms with Crippen molar-refractivity contribution < 1.29 is 4.79 Å². The molecule has 1 amide bonds. The smallest absolute Gasteiger partial charge is 0.270 e. The lowest BCUT2D eigenvalue weighted by atomic mass is 10.2. The fraction of sp³-hybridized carbons (Fsp3) is 0.600. The molecule has 0 aliphatic heterocycles. The lowest BCUT2D eigenvalue weighted by molar-refractivity contribution is 0.0948. The van der Waals surface area contributed by atoms with Gasteiger partial charge in [-0.1, -0.05) is 22.4 Å². The first kappa shape index (κ1) is 12.6. The maximum Gasteiger partial charge on any atom is 0.270 e. The Balaban J connectivity index is 2.19. The minimum absolute atomic E-state index is 0.0572. The van der Waals surface area contributed by atoms with Crippen LogP contribution >= 0.6 is 27.3 Å². The monoisotopic (exact) mass is 290 g/mol. The Hall–Kier alpha value is -0.420. The first-order chi connectivity index (χ1) is 7.24. The van der Waals surface area contributed by atoms with E-state index in [9.17, 15) is 4.79 Å². The predicted molar refractivity (Wildman–Crippen MR) is 66.8 cm³/mol. The van der Waals surface area contributed by atoms with Gasteiger partial charge in [-0.15, -0.1) is 11.3 Å². The van der Waals surface area contributed by atoms with E-state index in [0.29, 0.717) is 5.69 Å². The van der Waals surface area contributed by atoms with Crippen LogP contribution in [0.15, 0.2) is 5.38 Å². The molecule has 0 saturated heterocycles. The van der Waals surface area contributed by atoms with Crippen LogP contribution < -0.4 is 5.32 Å². The van der Waals surface area contributed by atoms with E-state index in [2.05, 4.69) is 26.2 Å². The van der Waals surface area contributed by atoms with Crippen LogP contribution in [0.1, 0.15) is 34.8 Å². The summed E-state index contributed by atoms with van der Waals surface area (Å²) in [5.74, 6) is -0.0572. The van der Waals surface area contributed by atoms with Crippen LogP contribution in [0.2, 0.25) is 0 Å². The van der Waals surface area contributed by atoms with E-state index in [-0.39, 0.29) is 5.91 Å². The minimum atomic E-state index is -0.0572. The van der Waals surface area contributed by atoms with Crippen LogP contribution in [0.3, 0.4) is 0 Å². The standard InChI is InChI=1S/C10H15BrN2OS/c1-8-13-9(7-15-8)10(14)12-6-4-2-3-5-11/h7H,2-6H2,1H3,(H,12,14). The number of hydrogen-bond acceptors (Lipinski definition) is 3. The Morgan fingerprint density at radius 3 is 2.93 bits per heavy atom. The number of unbranched alkanes of at least 4 members (excludes halogenated alkanes) is 2. The molecule has 1 rings (SSSR count). The lowest BCUT2D eigenvalue weighted by Gasteiger charge is -2.01. The van der Waals surface area contributed by atoms with Gasteiger partial charge < -0.3 is 5.32 Å². The normalized spacial score (nSPS) is 10.3. The van der Waals surface area contributed by atoms with Gasteiger partial charge in [-0.25, -0.2) is 4.98 Å². The number of aromatic nitrogens is 1. The molecular formula is C10H15BrN2OS. The SMILES string of the molecule is Cc1nc(C(=O)NCCCCCBr)cs1. The third kappa shape index (κ3) is 4.75. The quantitative estimate of drug-likeness (QED) is 0.647. The molecule has 5 heteroatoms. The molecule has 3 nitrogen and oxygen atoms in total. The molecule has 0 spiro atoms. The fourth-order valence-corrected chi connectivity index (χ4v) is 2.15. The first-order valence-electron chi connectivity index (χ1n) is 5.00. The molecule has 1 aromatic rings. The maximum atomic E-state index is 11.5. The second-order valence-electron chi connectivity index (χ2n) is 3.26. The fourth-order valence-electron chi connectivity index (χ4n) is 1.16. The summed E-state index contributed by atoms with van der Waals surface area (Å²) in [6.45, 7) is 2.64. The highest BCUT2D eigenvalue weighted by Gasteiger charge is 2.07. The number of thiazole rings is 1. The molecule has 0 saturated carbocycles. The van der Waals surface area contributed by atoms with Gasteiger partial charge in [-0.2, -0.15) is 0 Å². The molecule has 0 radical (unpaired) electrons. The Morgan fingerprint density at radius 1 is 1.53 bits per heavy atom. The third-order valence-corrected chi connectivity index (χ3v) is 3.28. The van der Waals surface area contributed by atoms with E-state index in [1.807, 2.05) is 6.92 Å². The van der Waals surface area contributed by atoms with Gasteiger partial charge in [-0.3, -0.25) is 4.79 Å². The van der Waals surface area contributed by atoms with Crippen molar-refractivity contribution in [2.24, 2.45) is 0 Å². The molecule has 0 aliphatic rings. The van der Waals surface area contributed by atoms with Crippen molar-refractivity contribution in [3.63, 3.8) is 0 Å². The van der Waals surface area contributed by atoms with E-state index in [1.165, 1.54) is 11.3 Å². The Morgan fingerprint density at radius 2 is 2.33 bits per heavy atom. The number of rotatable bonds is 6. The summed E-state index contributed by atoms with van der Waals surface area (Å²) in [4.78, 5) is 15.6. The summed E-state index contributed by atoms with van der Waals surface area (Å²) >= 11 is 4.88. The van der Waals surface area contributed by atoms with Crippen molar-refractivity contribution in [2.45, 2.75) is 26.2 Å². The second kappa shape index (κ2) is 6.95. The van der Waals surface area contributed by atoms with E-state index >= 15 is 0 Å². The number of carbonyl (C=O) groups is 1. The van der Waals surface area contributed by atoms with Crippen molar-refractivity contribution >= 4 is 33.2 Å². The molecule has 0 atom stereocenters. The number of hydrogen-bond donors (Lipinski definition) is 1. The summed E-state index contributed by atoms with van der Waals surface area (Å²) in [6.07, 6.45) is 3.33. The summed E-state index contributed by atoms with van der Waals surface area (Å²) in [5.41, 5.74) is 0.540. The Labute approximate surface area is 102 Å². The van der Waals surface area contributed by atoms with Gasteiger partial charge in [0, 0.05) is 17.3 Å². The summed E-state index contributed by atoms with van der Waals surface area (Å²) in [5, 5.41) is 6.62. The number of amides is 1. The Kier molecular flexibility index (Phi) is 5.86. The van der Waals surface area contributed by atoms with Crippen molar-refractivity contribution in [1.82, 2.24) is 10.3 Å². The van der Waals surface area contributed by atoms with Gasteiger partial charge in [0.1, 0.15) is 5.69 Å². The zero-order chi connectivity index (χ0) is 11.1. The summed E-state index contributed by atoms with van der Waals surface area (Å²) < 4.78 is 0. The Bertz CT molecular complexity index is 314. The molecule has 0 bridgehead atoms. The second-order valence-corrected chi connectivity index (χ2v) is 5.11. The van der Waals surface area contributed by atoms with Crippen LogP contribution in [0.4, 0.5) is 0 Å². The summed E-state index contributed by atoms with van der Waals surface area (Å²) in [7, 11) is 0. The molecule has 0 unspecified atom stereocenters. The molecular weight excluding hydrogens is 276 g/mol. The topological polar surface area (TPSA) is 42.0 Å². The van der Waals surface area contributed by atoms with Crippen LogP contribution in [0.5, 0.6) is 0 Å². The van der Waals surface area contributed by atoms with E-state index < -0.39 is 0 Å². The number of alkyl halides is 1. The predicted octanol–water partition coefficient (Wildman–Crippen LogP) is 2.75. The maximum absolute atomic E-state index is 11.5. The molecule has 1 aromatic heterocycles.